The van der Waals surface area contributed by atoms with Gasteiger partial charge in [-0.2, -0.15) is 0 Å². The van der Waals surface area contributed by atoms with Gasteiger partial charge in [0.15, 0.2) is 9.84 Å². The first-order valence-corrected chi connectivity index (χ1v) is 9.15. The predicted octanol–water partition coefficient (Wildman–Crippen LogP) is 2.18. The van der Waals surface area contributed by atoms with Gasteiger partial charge in [0, 0.05) is 23.9 Å². The molecule has 1 aromatic rings. The molecule has 0 aliphatic carbocycles. The van der Waals surface area contributed by atoms with Gasteiger partial charge in [-0.15, -0.1) is 0 Å². The normalized spacial score (nSPS) is 13.0. The van der Waals surface area contributed by atoms with Crippen LogP contribution in [0.15, 0.2) is 18.2 Å². The molecule has 5 nitrogen and oxygen atoms in total. The van der Waals surface area contributed by atoms with E-state index >= 15 is 0 Å². The van der Waals surface area contributed by atoms with E-state index in [0.717, 1.165) is 18.5 Å². The van der Waals surface area contributed by atoms with Gasteiger partial charge in [-0.25, -0.2) is 8.42 Å². The number of methoxy groups -OCH3 is 1. The lowest BCUT2D eigenvalue weighted by Crippen LogP contribution is -2.20. The summed E-state index contributed by atoms with van der Waals surface area (Å²) in [6.07, 6.45) is 2.25. The lowest BCUT2D eigenvalue weighted by Gasteiger charge is -2.19. The van der Waals surface area contributed by atoms with Gasteiger partial charge in [0.2, 0.25) is 0 Å². The zero-order valence-corrected chi connectivity index (χ0v) is 14.0. The first-order chi connectivity index (χ1) is 9.87. The van der Waals surface area contributed by atoms with Gasteiger partial charge < -0.3 is 14.8 Å². The Morgan fingerprint density at radius 1 is 1.33 bits per heavy atom. The number of benzene rings is 1. The Labute approximate surface area is 127 Å². The van der Waals surface area contributed by atoms with Crippen LogP contribution in [-0.2, 0) is 9.84 Å². The summed E-state index contributed by atoms with van der Waals surface area (Å²) in [7, 11) is -1.44. The van der Waals surface area contributed by atoms with E-state index in [2.05, 4.69) is 19.2 Å². The Hall–Kier alpha value is -1.27. The molecule has 0 bridgehead atoms. The Bertz CT molecular complexity index is 543. The summed E-state index contributed by atoms with van der Waals surface area (Å²) in [5, 5.41) is 3.39. The van der Waals surface area contributed by atoms with Crippen molar-refractivity contribution in [1.29, 1.82) is 0 Å². The van der Waals surface area contributed by atoms with Crippen molar-refractivity contribution in [2.75, 3.05) is 32.3 Å². The van der Waals surface area contributed by atoms with Crippen molar-refractivity contribution in [3.8, 4) is 11.5 Å². The van der Waals surface area contributed by atoms with Crippen LogP contribution in [0.2, 0.25) is 0 Å². The van der Waals surface area contributed by atoms with E-state index in [-0.39, 0.29) is 18.4 Å². The molecular weight excluding hydrogens is 290 g/mol. The molecule has 6 heteroatoms. The maximum absolute atomic E-state index is 11.2. The molecule has 0 aliphatic rings. The number of ether oxygens (including phenoxy) is 2. The third kappa shape index (κ3) is 6.35. The average Bonchev–Trinajstić information content (AvgIpc) is 2.43. The highest BCUT2D eigenvalue weighted by molar-refractivity contribution is 7.90. The molecule has 0 saturated heterocycles. The summed E-state index contributed by atoms with van der Waals surface area (Å²) in [5.74, 6) is 1.35. The van der Waals surface area contributed by atoms with Gasteiger partial charge in [-0.1, -0.05) is 13.0 Å². The molecule has 0 amide bonds. The first-order valence-electron chi connectivity index (χ1n) is 7.09. The maximum atomic E-state index is 11.2. The van der Waals surface area contributed by atoms with Crippen LogP contribution >= 0.6 is 0 Å². The molecule has 1 N–H and O–H groups in total. The van der Waals surface area contributed by atoms with E-state index in [9.17, 15) is 8.42 Å². The van der Waals surface area contributed by atoms with Crippen molar-refractivity contribution in [2.45, 2.75) is 26.3 Å². The van der Waals surface area contributed by atoms with E-state index in [0.29, 0.717) is 11.5 Å². The van der Waals surface area contributed by atoms with Crippen LogP contribution in [0.3, 0.4) is 0 Å². The molecular formula is C15H25NO4S. The smallest absolute Gasteiger partial charge is 0.150 e. The second-order valence-electron chi connectivity index (χ2n) is 5.06. The highest BCUT2D eigenvalue weighted by Crippen LogP contribution is 2.29. The molecule has 0 spiro atoms. The predicted molar refractivity (Wildman–Crippen MR) is 84.9 cm³/mol. The minimum Gasteiger partial charge on any atom is -0.497 e. The summed E-state index contributed by atoms with van der Waals surface area (Å²) in [6, 6.07) is 5.75. The Morgan fingerprint density at radius 2 is 2.05 bits per heavy atom. The molecule has 1 aromatic carbocycles. The van der Waals surface area contributed by atoms with Crippen molar-refractivity contribution in [3.63, 3.8) is 0 Å². The van der Waals surface area contributed by atoms with E-state index in [1.807, 2.05) is 12.1 Å². The summed E-state index contributed by atoms with van der Waals surface area (Å²) in [6.45, 7) is 5.22. The zero-order valence-electron chi connectivity index (χ0n) is 13.2. The number of hydrogen-bond donors (Lipinski definition) is 1. The quantitative estimate of drug-likeness (QED) is 0.756. The topological polar surface area (TPSA) is 64.6 Å². The summed E-state index contributed by atoms with van der Waals surface area (Å²) >= 11 is 0. The Balaban J connectivity index is 2.86. The zero-order chi connectivity index (χ0) is 15.9. The van der Waals surface area contributed by atoms with E-state index in [1.54, 1.807) is 13.2 Å². The van der Waals surface area contributed by atoms with Crippen molar-refractivity contribution in [2.24, 2.45) is 0 Å². The molecule has 0 fully saturated rings. The first kappa shape index (κ1) is 17.8. The van der Waals surface area contributed by atoms with Crippen LogP contribution in [0.5, 0.6) is 11.5 Å². The van der Waals surface area contributed by atoms with Gasteiger partial charge >= 0.3 is 0 Å². The largest absolute Gasteiger partial charge is 0.497 e. The number of rotatable bonds is 9. The number of hydrogen-bond acceptors (Lipinski definition) is 5. The fraction of sp³-hybridized carbons (Fsp3) is 0.600. The second-order valence-corrected chi connectivity index (χ2v) is 7.32. The molecule has 21 heavy (non-hydrogen) atoms. The van der Waals surface area contributed by atoms with Crippen LogP contribution in [0.25, 0.3) is 0 Å². The summed E-state index contributed by atoms with van der Waals surface area (Å²) < 4.78 is 33.2. The van der Waals surface area contributed by atoms with Crippen LogP contribution < -0.4 is 14.8 Å². The minimum absolute atomic E-state index is 0.000416. The SMILES string of the molecule is CCCNC(C)c1ccc(OC)cc1OCCS(C)(=O)=O. The number of nitrogens with one attached hydrogen (secondary N) is 1. The van der Waals surface area contributed by atoms with E-state index in [4.69, 9.17) is 9.47 Å². The van der Waals surface area contributed by atoms with Crippen LogP contribution in [0.1, 0.15) is 31.9 Å². The van der Waals surface area contributed by atoms with Crippen LogP contribution in [0, 0.1) is 0 Å². The highest BCUT2D eigenvalue weighted by atomic mass is 32.2. The third-order valence-corrected chi connectivity index (χ3v) is 4.01. The fourth-order valence-corrected chi connectivity index (χ4v) is 2.28. The Kier molecular flexibility index (Phi) is 6.98. The lowest BCUT2D eigenvalue weighted by molar-refractivity contribution is 0.329. The van der Waals surface area contributed by atoms with Gasteiger partial charge in [-0.05, 0) is 26.0 Å². The van der Waals surface area contributed by atoms with Gasteiger partial charge in [0.1, 0.15) is 18.1 Å². The average molecular weight is 315 g/mol. The van der Waals surface area contributed by atoms with Crippen LogP contribution in [0.4, 0.5) is 0 Å². The molecule has 1 atom stereocenters. The van der Waals surface area contributed by atoms with Crippen LogP contribution in [-0.4, -0.2) is 40.7 Å². The molecule has 1 rings (SSSR count). The summed E-state index contributed by atoms with van der Waals surface area (Å²) in [4.78, 5) is 0. The monoisotopic (exact) mass is 315 g/mol. The van der Waals surface area contributed by atoms with Gasteiger partial charge in [-0.3, -0.25) is 0 Å². The van der Waals surface area contributed by atoms with Gasteiger partial charge in [0.05, 0.1) is 12.9 Å². The van der Waals surface area contributed by atoms with Gasteiger partial charge in [0.25, 0.3) is 0 Å². The standard InChI is InChI=1S/C15H25NO4S/c1-5-8-16-12(2)14-7-6-13(19-3)11-15(14)20-9-10-21(4,17)18/h6-7,11-12,16H,5,8-10H2,1-4H3. The van der Waals surface area contributed by atoms with Crippen molar-refractivity contribution in [3.05, 3.63) is 23.8 Å². The van der Waals surface area contributed by atoms with Crippen molar-refractivity contribution in [1.82, 2.24) is 5.32 Å². The molecule has 120 valence electrons. The second kappa shape index (κ2) is 8.24. The maximum Gasteiger partial charge on any atom is 0.150 e. The molecule has 0 radical (unpaired) electrons. The summed E-state index contributed by atoms with van der Waals surface area (Å²) in [5.41, 5.74) is 0.998. The molecule has 0 aromatic heterocycles. The van der Waals surface area contributed by atoms with E-state index < -0.39 is 9.84 Å². The molecule has 0 saturated carbocycles. The minimum atomic E-state index is -3.03. The number of sulfone groups is 1. The third-order valence-electron chi connectivity index (χ3n) is 3.10. The van der Waals surface area contributed by atoms with Crippen molar-refractivity contribution >= 4 is 9.84 Å². The lowest BCUT2D eigenvalue weighted by atomic mass is 10.1. The van der Waals surface area contributed by atoms with E-state index in [1.165, 1.54) is 6.26 Å². The molecule has 1 unspecified atom stereocenters. The highest BCUT2D eigenvalue weighted by Gasteiger charge is 2.13. The fourth-order valence-electron chi connectivity index (χ4n) is 1.90. The molecule has 0 heterocycles. The van der Waals surface area contributed by atoms with Crippen molar-refractivity contribution < 1.29 is 17.9 Å². The Morgan fingerprint density at radius 3 is 2.62 bits per heavy atom. The molecule has 0 aliphatic heterocycles.